The summed E-state index contributed by atoms with van der Waals surface area (Å²) in [6.07, 6.45) is -0.679. The molecule has 7 nitrogen and oxygen atoms in total. The number of ether oxygens (including phenoxy) is 3. The number of benzene rings is 3. The number of rotatable bonds is 8. The minimum atomic E-state index is -0.679. The number of fused-ring (bicyclic) bond motifs is 1. The molecular formula is C24H23N3O4. The summed E-state index contributed by atoms with van der Waals surface area (Å²) >= 11 is 0. The Balaban J connectivity index is 1.44. The highest BCUT2D eigenvalue weighted by Crippen LogP contribution is 2.26. The van der Waals surface area contributed by atoms with Gasteiger partial charge in [0.2, 0.25) is 0 Å². The first-order chi connectivity index (χ1) is 15.1. The average Bonchev–Trinajstić information content (AvgIpc) is 3.20. The first-order valence-corrected chi connectivity index (χ1v) is 9.89. The molecule has 7 heteroatoms. The van der Waals surface area contributed by atoms with Gasteiger partial charge in [0.05, 0.1) is 12.6 Å². The van der Waals surface area contributed by atoms with Crippen molar-refractivity contribution in [2.24, 2.45) is 0 Å². The van der Waals surface area contributed by atoms with Crippen LogP contribution in [0.3, 0.4) is 0 Å². The maximum absolute atomic E-state index is 12.6. The molecule has 4 aromatic rings. The van der Waals surface area contributed by atoms with E-state index >= 15 is 0 Å². The summed E-state index contributed by atoms with van der Waals surface area (Å²) in [5.41, 5.74) is 1.78. The molecule has 0 aliphatic rings. The molecule has 0 saturated heterocycles. The highest BCUT2D eigenvalue weighted by atomic mass is 16.5. The first-order valence-electron chi connectivity index (χ1n) is 9.89. The molecule has 3 aromatic carbocycles. The van der Waals surface area contributed by atoms with Crippen molar-refractivity contribution in [3.05, 3.63) is 78.4 Å². The van der Waals surface area contributed by atoms with Crippen LogP contribution >= 0.6 is 0 Å². The van der Waals surface area contributed by atoms with E-state index in [0.29, 0.717) is 23.9 Å². The second-order valence-electron chi connectivity index (χ2n) is 6.98. The number of methoxy groups -OCH3 is 1. The van der Waals surface area contributed by atoms with Gasteiger partial charge in [-0.15, -0.1) is 0 Å². The van der Waals surface area contributed by atoms with Crippen LogP contribution < -0.4 is 19.5 Å². The Labute approximate surface area is 180 Å². The number of H-pyrrole nitrogens is 1. The molecule has 0 aliphatic carbocycles. The summed E-state index contributed by atoms with van der Waals surface area (Å²) in [7, 11) is 1.63. The van der Waals surface area contributed by atoms with Crippen molar-refractivity contribution < 1.29 is 19.0 Å². The van der Waals surface area contributed by atoms with Gasteiger partial charge in [-0.25, -0.2) is 0 Å². The normalized spacial score (nSPS) is 11.7. The van der Waals surface area contributed by atoms with Crippen LogP contribution in [-0.4, -0.2) is 29.3 Å². The highest BCUT2D eigenvalue weighted by Gasteiger charge is 2.18. The number of nitrogens with one attached hydrogen (secondary N) is 2. The lowest BCUT2D eigenvalue weighted by atomic mass is 10.2. The van der Waals surface area contributed by atoms with Crippen molar-refractivity contribution in [2.75, 3.05) is 12.4 Å². The highest BCUT2D eigenvalue weighted by molar-refractivity contribution is 6.01. The van der Waals surface area contributed by atoms with E-state index in [4.69, 9.17) is 14.2 Å². The van der Waals surface area contributed by atoms with Crippen molar-refractivity contribution in [3.63, 3.8) is 0 Å². The van der Waals surface area contributed by atoms with Crippen molar-refractivity contribution in [1.29, 1.82) is 0 Å². The predicted octanol–water partition coefficient (Wildman–Crippen LogP) is 4.56. The Kier molecular flexibility index (Phi) is 6.03. The standard InChI is InChI=1S/C24H23N3O4/c1-16(31-18-8-4-3-5-9-18)24(28)25-23-21-14-20(11-12-22(21)26-27-23)30-15-17-7-6-10-19(13-17)29-2/h3-14,16H,15H2,1-2H3,(H2,25,26,27,28). The lowest BCUT2D eigenvalue weighted by Gasteiger charge is -2.14. The van der Waals surface area contributed by atoms with Gasteiger partial charge in [0.15, 0.2) is 11.9 Å². The van der Waals surface area contributed by atoms with E-state index in [0.717, 1.165) is 22.2 Å². The number of carbonyl (C=O) groups excluding carboxylic acids is 1. The number of para-hydroxylation sites is 1. The number of aromatic nitrogens is 2. The SMILES string of the molecule is COc1cccc(COc2ccc3[nH]nc(NC(=O)C(C)Oc4ccccc4)c3c2)c1. The van der Waals surface area contributed by atoms with Gasteiger partial charge in [0, 0.05) is 5.39 Å². The molecule has 158 valence electrons. The van der Waals surface area contributed by atoms with Crippen molar-refractivity contribution >= 4 is 22.6 Å². The number of anilines is 1. The van der Waals surface area contributed by atoms with Gasteiger partial charge < -0.3 is 19.5 Å². The molecule has 4 rings (SSSR count). The summed E-state index contributed by atoms with van der Waals surface area (Å²) in [6.45, 7) is 2.09. The molecule has 1 heterocycles. The second kappa shape index (κ2) is 9.21. The summed E-state index contributed by atoms with van der Waals surface area (Å²) in [6, 6.07) is 22.5. The van der Waals surface area contributed by atoms with Crippen LogP contribution in [0.2, 0.25) is 0 Å². The van der Waals surface area contributed by atoms with E-state index in [1.54, 1.807) is 26.2 Å². The van der Waals surface area contributed by atoms with Gasteiger partial charge in [-0.3, -0.25) is 9.89 Å². The third-order valence-electron chi connectivity index (χ3n) is 4.74. The zero-order valence-electron chi connectivity index (χ0n) is 17.3. The smallest absolute Gasteiger partial charge is 0.266 e. The lowest BCUT2D eigenvalue weighted by molar-refractivity contribution is -0.122. The van der Waals surface area contributed by atoms with Gasteiger partial charge in [-0.1, -0.05) is 30.3 Å². The van der Waals surface area contributed by atoms with E-state index in [2.05, 4.69) is 15.5 Å². The Morgan fingerprint density at radius 3 is 2.61 bits per heavy atom. The van der Waals surface area contributed by atoms with Crippen LogP contribution in [0.4, 0.5) is 5.82 Å². The van der Waals surface area contributed by atoms with Crippen molar-refractivity contribution in [3.8, 4) is 17.2 Å². The fourth-order valence-corrected chi connectivity index (χ4v) is 3.08. The van der Waals surface area contributed by atoms with Crippen LogP contribution in [0.25, 0.3) is 10.9 Å². The zero-order chi connectivity index (χ0) is 21.6. The van der Waals surface area contributed by atoms with E-state index in [1.807, 2.05) is 60.7 Å². The molecular weight excluding hydrogens is 394 g/mol. The molecule has 31 heavy (non-hydrogen) atoms. The fourth-order valence-electron chi connectivity index (χ4n) is 3.08. The van der Waals surface area contributed by atoms with Gasteiger partial charge in [-0.2, -0.15) is 5.10 Å². The van der Waals surface area contributed by atoms with Crippen LogP contribution in [0.15, 0.2) is 72.8 Å². The molecule has 1 unspecified atom stereocenters. The average molecular weight is 417 g/mol. The minimum absolute atomic E-state index is 0.292. The summed E-state index contributed by atoms with van der Waals surface area (Å²) in [5.74, 6) is 2.21. The van der Waals surface area contributed by atoms with E-state index < -0.39 is 6.10 Å². The Hall–Kier alpha value is -4.00. The molecule has 0 bridgehead atoms. The van der Waals surface area contributed by atoms with Crippen LogP contribution in [0.1, 0.15) is 12.5 Å². The Morgan fingerprint density at radius 2 is 1.81 bits per heavy atom. The maximum atomic E-state index is 12.6. The van der Waals surface area contributed by atoms with Gasteiger partial charge in [0.1, 0.15) is 23.9 Å². The molecule has 1 amide bonds. The Morgan fingerprint density at radius 1 is 1.00 bits per heavy atom. The number of hydrogen-bond donors (Lipinski definition) is 2. The lowest BCUT2D eigenvalue weighted by Crippen LogP contribution is -2.30. The summed E-state index contributed by atoms with van der Waals surface area (Å²) < 4.78 is 16.8. The van der Waals surface area contributed by atoms with Crippen molar-refractivity contribution in [2.45, 2.75) is 19.6 Å². The minimum Gasteiger partial charge on any atom is -0.497 e. The molecule has 0 spiro atoms. The van der Waals surface area contributed by atoms with Gasteiger partial charge in [0.25, 0.3) is 5.91 Å². The third-order valence-corrected chi connectivity index (χ3v) is 4.74. The number of aromatic amines is 1. The molecule has 1 atom stereocenters. The molecule has 0 radical (unpaired) electrons. The largest absolute Gasteiger partial charge is 0.497 e. The van der Waals surface area contributed by atoms with Gasteiger partial charge >= 0.3 is 0 Å². The Bertz CT molecular complexity index is 1170. The maximum Gasteiger partial charge on any atom is 0.266 e. The number of amides is 1. The molecule has 0 fully saturated rings. The topological polar surface area (TPSA) is 85.5 Å². The molecule has 2 N–H and O–H groups in total. The third kappa shape index (κ3) is 4.95. The van der Waals surface area contributed by atoms with Crippen molar-refractivity contribution in [1.82, 2.24) is 10.2 Å². The number of carbonyl (C=O) groups is 1. The fraction of sp³-hybridized carbons (Fsp3) is 0.167. The number of nitrogens with zero attached hydrogens (tertiary/aromatic N) is 1. The first kappa shape index (κ1) is 20.3. The van der Waals surface area contributed by atoms with Crippen LogP contribution in [0.5, 0.6) is 17.2 Å². The molecule has 0 saturated carbocycles. The number of hydrogen-bond acceptors (Lipinski definition) is 5. The predicted molar refractivity (Wildman–Crippen MR) is 119 cm³/mol. The van der Waals surface area contributed by atoms with Gasteiger partial charge in [-0.05, 0) is 55.0 Å². The zero-order valence-corrected chi connectivity index (χ0v) is 17.3. The summed E-state index contributed by atoms with van der Waals surface area (Å²) in [4.78, 5) is 12.6. The molecule has 0 aliphatic heterocycles. The van der Waals surface area contributed by atoms with E-state index in [1.165, 1.54) is 0 Å². The second-order valence-corrected chi connectivity index (χ2v) is 6.98. The molecule has 1 aromatic heterocycles. The van der Waals surface area contributed by atoms with E-state index in [9.17, 15) is 4.79 Å². The quantitative estimate of drug-likeness (QED) is 0.439. The monoisotopic (exact) mass is 417 g/mol. The summed E-state index contributed by atoms with van der Waals surface area (Å²) in [5, 5.41) is 10.7. The van der Waals surface area contributed by atoms with E-state index in [-0.39, 0.29) is 5.91 Å². The van der Waals surface area contributed by atoms with Crippen LogP contribution in [-0.2, 0) is 11.4 Å². The van der Waals surface area contributed by atoms with Crippen LogP contribution in [0, 0.1) is 0 Å².